The maximum atomic E-state index is 13.6. The number of imidazole rings is 1. The number of carbonyl (C=O) groups is 1. The molecule has 0 unspecified atom stereocenters. The molecule has 6 nitrogen and oxygen atoms in total. The summed E-state index contributed by atoms with van der Waals surface area (Å²) < 4.78 is 26.1. The number of hydrogen-bond acceptors (Lipinski definition) is 5. The van der Waals surface area contributed by atoms with Crippen molar-refractivity contribution < 1.29 is 18.7 Å². The first-order chi connectivity index (χ1) is 11.6. The van der Waals surface area contributed by atoms with Gasteiger partial charge in [0.05, 0.1) is 12.4 Å². The first kappa shape index (κ1) is 16.8. The molecule has 1 N–H and O–H groups in total. The zero-order valence-electron chi connectivity index (χ0n) is 13.3. The van der Waals surface area contributed by atoms with Crippen molar-refractivity contribution in [3.05, 3.63) is 41.5 Å². The fraction of sp³-hybridized carbons (Fsp3) is 0.375. The lowest BCUT2D eigenvalue weighted by Crippen LogP contribution is -2.27. The molecule has 3 rings (SSSR count). The second kappa shape index (κ2) is 7.67. The Balaban J connectivity index is 1.50. The summed E-state index contributed by atoms with van der Waals surface area (Å²) in [7, 11) is 1.88. The van der Waals surface area contributed by atoms with Crippen LogP contribution >= 0.6 is 11.8 Å². The predicted molar refractivity (Wildman–Crippen MR) is 87.3 cm³/mol. The third kappa shape index (κ3) is 4.07. The number of rotatable bonds is 6. The van der Waals surface area contributed by atoms with Gasteiger partial charge >= 0.3 is 0 Å². The van der Waals surface area contributed by atoms with Crippen LogP contribution in [0.2, 0.25) is 0 Å². The van der Waals surface area contributed by atoms with E-state index in [-0.39, 0.29) is 24.3 Å². The van der Waals surface area contributed by atoms with Gasteiger partial charge in [0, 0.05) is 31.5 Å². The first-order valence-corrected chi connectivity index (χ1v) is 8.50. The number of nitrogens with one attached hydrogen (secondary N) is 1. The Bertz CT molecular complexity index is 735. The third-order valence-electron chi connectivity index (χ3n) is 3.58. The number of aromatic nitrogens is 2. The van der Waals surface area contributed by atoms with Crippen LogP contribution in [0.4, 0.5) is 4.39 Å². The SMILES string of the molecule is Cn1ccnc1SCC(=O)NCCc1cc(F)cc2c1OCOC2. The van der Waals surface area contributed by atoms with Crippen LogP contribution in [0.3, 0.4) is 0 Å². The molecule has 0 saturated heterocycles. The van der Waals surface area contributed by atoms with Crippen molar-refractivity contribution in [1.82, 2.24) is 14.9 Å². The molecule has 0 radical (unpaired) electrons. The number of halogens is 1. The summed E-state index contributed by atoms with van der Waals surface area (Å²) in [6.45, 7) is 0.922. The van der Waals surface area contributed by atoms with Crippen LogP contribution in [0.1, 0.15) is 11.1 Å². The maximum absolute atomic E-state index is 13.6. The summed E-state index contributed by atoms with van der Waals surface area (Å²) >= 11 is 1.37. The molecular formula is C16H18FN3O3S. The normalized spacial score (nSPS) is 13.2. The minimum Gasteiger partial charge on any atom is -0.467 e. The highest BCUT2D eigenvalue weighted by molar-refractivity contribution is 7.99. The van der Waals surface area contributed by atoms with Gasteiger partial charge in [0.15, 0.2) is 11.9 Å². The Hall–Kier alpha value is -2.06. The third-order valence-corrected chi connectivity index (χ3v) is 4.64. The fourth-order valence-corrected chi connectivity index (χ4v) is 3.21. The number of thioether (sulfide) groups is 1. The highest BCUT2D eigenvalue weighted by atomic mass is 32.2. The second-order valence-corrected chi connectivity index (χ2v) is 6.32. The molecule has 1 aromatic carbocycles. The molecule has 0 bridgehead atoms. The van der Waals surface area contributed by atoms with Crippen LogP contribution in [0, 0.1) is 5.82 Å². The molecule has 8 heteroatoms. The number of ether oxygens (including phenoxy) is 2. The molecule has 0 spiro atoms. The number of carbonyl (C=O) groups excluding carboxylic acids is 1. The van der Waals surface area contributed by atoms with Crippen molar-refractivity contribution in [1.29, 1.82) is 0 Å². The summed E-state index contributed by atoms with van der Waals surface area (Å²) in [6, 6.07) is 2.86. The maximum Gasteiger partial charge on any atom is 0.230 e. The number of amides is 1. The minimum atomic E-state index is -0.325. The number of aryl methyl sites for hydroxylation is 1. The standard InChI is InChI=1S/C16H18FN3O3S/c1-20-5-4-19-16(20)24-9-14(21)18-3-2-11-6-13(17)7-12-8-22-10-23-15(11)12/h4-7H,2-3,8-10H2,1H3,(H,18,21). The van der Waals surface area contributed by atoms with Crippen LogP contribution in [0.15, 0.2) is 29.7 Å². The molecule has 0 aliphatic carbocycles. The fourth-order valence-electron chi connectivity index (χ4n) is 2.45. The molecule has 0 atom stereocenters. The summed E-state index contributed by atoms with van der Waals surface area (Å²) in [4.78, 5) is 16.1. The molecular weight excluding hydrogens is 333 g/mol. The number of nitrogens with zero attached hydrogens (tertiary/aromatic N) is 2. The quantitative estimate of drug-likeness (QED) is 0.805. The zero-order valence-corrected chi connectivity index (χ0v) is 14.1. The second-order valence-electron chi connectivity index (χ2n) is 5.37. The summed E-state index contributed by atoms with van der Waals surface area (Å²) in [5.74, 6) is 0.544. The number of fused-ring (bicyclic) bond motifs is 1. The number of hydrogen-bond donors (Lipinski definition) is 1. The van der Waals surface area contributed by atoms with E-state index in [9.17, 15) is 9.18 Å². The topological polar surface area (TPSA) is 65.4 Å². The van der Waals surface area contributed by atoms with Gasteiger partial charge in [-0.15, -0.1) is 0 Å². The van der Waals surface area contributed by atoms with Gasteiger partial charge in [0.25, 0.3) is 0 Å². The van der Waals surface area contributed by atoms with E-state index in [0.29, 0.717) is 30.9 Å². The monoisotopic (exact) mass is 351 g/mol. The molecule has 2 heterocycles. The van der Waals surface area contributed by atoms with Crippen molar-refractivity contribution in [2.24, 2.45) is 7.05 Å². The van der Waals surface area contributed by atoms with Gasteiger partial charge in [0.1, 0.15) is 11.6 Å². The zero-order chi connectivity index (χ0) is 16.9. The Labute approximate surface area is 143 Å². The van der Waals surface area contributed by atoms with Gasteiger partial charge in [-0.05, 0) is 24.1 Å². The Kier molecular flexibility index (Phi) is 5.37. The average Bonchev–Trinajstić information content (AvgIpc) is 2.98. The van der Waals surface area contributed by atoms with Crippen LogP contribution in [-0.4, -0.2) is 34.5 Å². The molecule has 128 valence electrons. The van der Waals surface area contributed by atoms with Crippen LogP contribution in [0.5, 0.6) is 5.75 Å². The van der Waals surface area contributed by atoms with E-state index in [4.69, 9.17) is 9.47 Å². The van der Waals surface area contributed by atoms with Crippen molar-refractivity contribution >= 4 is 17.7 Å². The van der Waals surface area contributed by atoms with Crippen molar-refractivity contribution in [2.45, 2.75) is 18.2 Å². The Morgan fingerprint density at radius 2 is 2.38 bits per heavy atom. The van der Waals surface area contributed by atoms with Gasteiger partial charge in [0.2, 0.25) is 5.91 Å². The van der Waals surface area contributed by atoms with Gasteiger partial charge in [-0.25, -0.2) is 9.37 Å². The Morgan fingerprint density at radius 1 is 1.50 bits per heavy atom. The summed E-state index contributed by atoms with van der Waals surface area (Å²) in [5, 5.41) is 3.62. The highest BCUT2D eigenvalue weighted by Gasteiger charge is 2.17. The average molecular weight is 351 g/mol. The van der Waals surface area contributed by atoms with Crippen LogP contribution in [0.25, 0.3) is 0 Å². The van der Waals surface area contributed by atoms with Crippen molar-refractivity contribution in [3.63, 3.8) is 0 Å². The van der Waals surface area contributed by atoms with Gasteiger partial charge in [-0.3, -0.25) is 4.79 Å². The lowest BCUT2D eigenvalue weighted by molar-refractivity contribution is -0.118. The molecule has 2 aromatic rings. The van der Waals surface area contributed by atoms with E-state index in [1.807, 2.05) is 17.8 Å². The van der Waals surface area contributed by atoms with E-state index in [0.717, 1.165) is 10.7 Å². The Morgan fingerprint density at radius 3 is 3.17 bits per heavy atom. The molecule has 1 amide bonds. The molecule has 1 aliphatic heterocycles. The summed E-state index contributed by atoms with van der Waals surface area (Å²) in [5.41, 5.74) is 1.44. The van der Waals surface area contributed by atoms with E-state index in [1.54, 1.807) is 6.20 Å². The van der Waals surface area contributed by atoms with Crippen molar-refractivity contribution in [2.75, 3.05) is 19.1 Å². The number of benzene rings is 1. The predicted octanol–water partition coefficient (Wildman–Crippen LogP) is 1.88. The van der Waals surface area contributed by atoms with Crippen LogP contribution in [-0.2, 0) is 29.6 Å². The van der Waals surface area contributed by atoms with Gasteiger partial charge in [-0.2, -0.15) is 0 Å². The van der Waals surface area contributed by atoms with E-state index in [2.05, 4.69) is 10.3 Å². The van der Waals surface area contributed by atoms with Crippen molar-refractivity contribution in [3.8, 4) is 5.75 Å². The van der Waals surface area contributed by atoms with Gasteiger partial charge in [-0.1, -0.05) is 11.8 Å². The molecule has 1 aliphatic rings. The van der Waals surface area contributed by atoms with Crippen LogP contribution < -0.4 is 10.1 Å². The minimum absolute atomic E-state index is 0.0856. The first-order valence-electron chi connectivity index (χ1n) is 7.52. The lowest BCUT2D eigenvalue weighted by atomic mass is 10.1. The van der Waals surface area contributed by atoms with Gasteiger partial charge < -0.3 is 19.4 Å². The van der Waals surface area contributed by atoms with E-state index >= 15 is 0 Å². The molecule has 1 aromatic heterocycles. The lowest BCUT2D eigenvalue weighted by Gasteiger charge is -2.21. The molecule has 0 fully saturated rings. The smallest absolute Gasteiger partial charge is 0.230 e. The van der Waals surface area contributed by atoms with E-state index < -0.39 is 0 Å². The molecule has 24 heavy (non-hydrogen) atoms. The summed E-state index contributed by atoms with van der Waals surface area (Å²) in [6.07, 6.45) is 4.02. The van der Waals surface area contributed by atoms with E-state index in [1.165, 1.54) is 23.9 Å². The highest BCUT2D eigenvalue weighted by Crippen LogP contribution is 2.29. The largest absolute Gasteiger partial charge is 0.467 e. The molecule has 0 saturated carbocycles.